The molecule has 11 heteroatoms. The van der Waals surface area contributed by atoms with Crippen molar-refractivity contribution in [2.45, 2.75) is 6.04 Å². The van der Waals surface area contributed by atoms with Crippen molar-refractivity contribution >= 4 is 28.3 Å². The van der Waals surface area contributed by atoms with Gasteiger partial charge in [0.2, 0.25) is 5.78 Å². The van der Waals surface area contributed by atoms with Crippen molar-refractivity contribution in [1.29, 1.82) is 0 Å². The first-order chi connectivity index (χ1) is 18.4. The molecule has 3 aromatic rings. The molecule has 3 N–H and O–H groups in total. The maximum Gasteiger partial charge on any atom is 0.253 e. The molecule has 5 rings (SSSR count). The van der Waals surface area contributed by atoms with Crippen LogP contribution in [0.4, 0.5) is 4.39 Å². The lowest BCUT2D eigenvalue weighted by atomic mass is 10.0. The molecule has 1 amide bonds. The average molecular weight is 524 g/mol. The summed E-state index contributed by atoms with van der Waals surface area (Å²) in [5, 5.41) is 7.11. The predicted molar refractivity (Wildman–Crippen MR) is 138 cm³/mol. The molecule has 200 valence electrons. The number of hydrogen-bond donors (Lipinski definition) is 2. The third-order valence-electron chi connectivity index (χ3n) is 6.86. The second kappa shape index (κ2) is 11.3. The molecule has 10 nitrogen and oxygen atoms in total. The number of allylic oxidation sites excluding steroid dienone is 1. The van der Waals surface area contributed by atoms with Crippen LogP contribution in [0.3, 0.4) is 0 Å². The van der Waals surface area contributed by atoms with Crippen molar-refractivity contribution in [3.8, 4) is 5.75 Å². The van der Waals surface area contributed by atoms with Crippen molar-refractivity contribution in [1.82, 2.24) is 20.0 Å². The highest BCUT2D eigenvalue weighted by atomic mass is 19.1. The lowest BCUT2D eigenvalue weighted by molar-refractivity contribution is -0.0256. The number of carbonyl (C=O) groups excluding carboxylic acids is 2. The Morgan fingerprint density at radius 1 is 1.16 bits per heavy atom. The topological polar surface area (TPSA) is 123 Å². The summed E-state index contributed by atoms with van der Waals surface area (Å²) >= 11 is 0. The van der Waals surface area contributed by atoms with Gasteiger partial charge >= 0.3 is 0 Å². The van der Waals surface area contributed by atoms with E-state index >= 15 is 0 Å². The maximum absolute atomic E-state index is 14.5. The summed E-state index contributed by atoms with van der Waals surface area (Å²) in [7, 11) is 1.53. The van der Waals surface area contributed by atoms with E-state index < -0.39 is 11.6 Å². The predicted octanol–water partition coefficient (Wildman–Crippen LogP) is 2.07. The molecule has 0 radical (unpaired) electrons. The van der Waals surface area contributed by atoms with Crippen LogP contribution in [0.5, 0.6) is 5.75 Å². The zero-order chi connectivity index (χ0) is 26.6. The minimum absolute atomic E-state index is 0.0322. The largest absolute Gasteiger partial charge is 0.488 e. The van der Waals surface area contributed by atoms with Crippen molar-refractivity contribution in [2.24, 2.45) is 5.73 Å². The molecular weight excluding hydrogens is 493 g/mol. The number of methoxy groups -OCH3 is 1. The number of ketones is 1. The van der Waals surface area contributed by atoms with Crippen molar-refractivity contribution in [3.05, 3.63) is 65.1 Å². The average Bonchev–Trinajstić information content (AvgIpc) is 3.31. The summed E-state index contributed by atoms with van der Waals surface area (Å²) in [6, 6.07) is 9.86. The number of carbonyl (C=O) groups is 2. The van der Waals surface area contributed by atoms with Crippen LogP contribution in [-0.4, -0.2) is 97.4 Å². The lowest BCUT2D eigenvalue weighted by Gasteiger charge is -2.46. The van der Waals surface area contributed by atoms with Crippen molar-refractivity contribution < 1.29 is 28.2 Å². The van der Waals surface area contributed by atoms with Gasteiger partial charge in [-0.1, -0.05) is 12.1 Å². The molecule has 0 spiro atoms. The minimum Gasteiger partial charge on any atom is -0.488 e. The number of fused-ring (bicyclic) bond motifs is 1. The number of aromatic amines is 1. The quantitative estimate of drug-likeness (QED) is 0.248. The van der Waals surface area contributed by atoms with E-state index in [1.54, 1.807) is 24.3 Å². The maximum atomic E-state index is 14.5. The van der Waals surface area contributed by atoms with Crippen LogP contribution >= 0.6 is 0 Å². The molecule has 0 bridgehead atoms. The van der Waals surface area contributed by atoms with Gasteiger partial charge in [-0.3, -0.25) is 19.6 Å². The summed E-state index contributed by atoms with van der Waals surface area (Å²) in [5.74, 6) is -1.08. The Hall–Kier alpha value is -3.80. The number of rotatable bonds is 9. The SMILES string of the molecule is COCCOc1cc2[nH]nc(C(=O)C=C(N)c3ccc(C(=O)N4CC(N5CCOCC5)C4)cc3)c2cc1F. The van der Waals surface area contributed by atoms with Gasteiger partial charge in [-0.2, -0.15) is 5.10 Å². The summed E-state index contributed by atoms with van der Waals surface area (Å²) in [6.07, 6.45) is 1.25. The van der Waals surface area contributed by atoms with Gasteiger partial charge in [0, 0.05) is 68.1 Å². The Kier molecular flexibility index (Phi) is 7.68. The number of likely N-dealkylation sites (tertiary alicyclic amines) is 1. The normalized spacial score (nSPS) is 17.0. The Morgan fingerprint density at radius 3 is 2.58 bits per heavy atom. The molecule has 0 atom stereocenters. The van der Waals surface area contributed by atoms with E-state index in [0.717, 1.165) is 26.3 Å². The fraction of sp³-hybridized carbons (Fsp3) is 0.370. The van der Waals surface area contributed by atoms with Gasteiger partial charge in [0.1, 0.15) is 12.3 Å². The van der Waals surface area contributed by atoms with E-state index in [0.29, 0.717) is 47.8 Å². The van der Waals surface area contributed by atoms with Gasteiger partial charge in [0.15, 0.2) is 11.6 Å². The zero-order valence-corrected chi connectivity index (χ0v) is 21.1. The molecule has 2 aromatic carbocycles. The third-order valence-corrected chi connectivity index (χ3v) is 6.86. The number of morpholine rings is 1. The molecule has 3 heterocycles. The van der Waals surface area contributed by atoms with Crippen LogP contribution in [0.25, 0.3) is 16.6 Å². The molecule has 1 aromatic heterocycles. The third kappa shape index (κ3) is 5.40. The molecule has 2 aliphatic heterocycles. The first-order valence-corrected chi connectivity index (χ1v) is 12.5. The standard InChI is InChI=1S/C27H30FN5O5/c1-36-10-11-38-25-14-23-20(12-21(25)28)26(31-30-23)24(34)13-22(29)17-2-4-18(5-3-17)27(35)33-15-19(16-33)32-6-8-37-9-7-32/h2-5,12-14,19H,6-11,15-16,29H2,1H3,(H,30,31). The van der Waals surface area contributed by atoms with E-state index in [1.165, 1.54) is 25.3 Å². The molecule has 0 saturated carbocycles. The number of nitrogens with one attached hydrogen (secondary N) is 1. The number of halogens is 1. The number of nitrogens with two attached hydrogens (primary N) is 1. The Bertz CT molecular complexity index is 1340. The number of benzene rings is 2. The zero-order valence-electron chi connectivity index (χ0n) is 21.1. The molecule has 2 fully saturated rings. The Labute approximate surface area is 219 Å². The highest BCUT2D eigenvalue weighted by Crippen LogP contribution is 2.27. The summed E-state index contributed by atoms with van der Waals surface area (Å²) in [4.78, 5) is 29.9. The Balaban J connectivity index is 1.23. The molecule has 38 heavy (non-hydrogen) atoms. The van der Waals surface area contributed by atoms with Gasteiger partial charge in [0.05, 0.1) is 25.3 Å². The van der Waals surface area contributed by atoms with E-state index in [1.807, 2.05) is 4.90 Å². The Morgan fingerprint density at radius 2 is 1.87 bits per heavy atom. The van der Waals surface area contributed by atoms with Gasteiger partial charge in [0.25, 0.3) is 5.91 Å². The van der Waals surface area contributed by atoms with Crippen molar-refractivity contribution in [3.63, 3.8) is 0 Å². The van der Waals surface area contributed by atoms with Crippen LogP contribution < -0.4 is 10.5 Å². The fourth-order valence-electron chi connectivity index (χ4n) is 4.63. The highest BCUT2D eigenvalue weighted by Gasteiger charge is 2.35. The van der Waals surface area contributed by atoms with Crippen LogP contribution in [0.1, 0.15) is 26.4 Å². The molecule has 0 unspecified atom stereocenters. The number of H-pyrrole nitrogens is 1. The van der Waals surface area contributed by atoms with Gasteiger partial charge in [-0.15, -0.1) is 0 Å². The van der Waals surface area contributed by atoms with Crippen LogP contribution in [0.15, 0.2) is 42.5 Å². The summed E-state index contributed by atoms with van der Waals surface area (Å²) < 4.78 is 30.2. The highest BCUT2D eigenvalue weighted by molar-refractivity contribution is 6.14. The van der Waals surface area contributed by atoms with Crippen LogP contribution in [-0.2, 0) is 9.47 Å². The van der Waals surface area contributed by atoms with Crippen LogP contribution in [0, 0.1) is 5.82 Å². The first kappa shape index (κ1) is 25.8. The molecule has 2 aliphatic rings. The minimum atomic E-state index is -0.611. The monoisotopic (exact) mass is 523 g/mol. The van der Waals surface area contributed by atoms with E-state index in [9.17, 15) is 14.0 Å². The summed E-state index contributed by atoms with van der Waals surface area (Å²) in [6.45, 7) is 5.19. The number of nitrogens with zero attached hydrogens (tertiary/aromatic N) is 3. The number of ether oxygens (including phenoxy) is 3. The van der Waals surface area contributed by atoms with Crippen molar-refractivity contribution in [2.75, 3.05) is 59.7 Å². The van der Waals surface area contributed by atoms with E-state index in [-0.39, 0.29) is 29.7 Å². The smallest absolute Gasteiger partial charge is 0.253 e. The van der Waals surface area contributed by atoms with E-state index in [4.69, 9.17) is 19.9 Å². The second-order valence-corrected chi connectivity index (χ2v) is 9.30. The number of amides is 1. The molecule has 2 saturated heterocycles. The fourth-order valence-corrected chi connectivity index (χ4v) is 4.63. The number of hydrogen-bond acceptors (Lipinski definition) is 8. The first-order valence-electron chi connectivity index (χ1n) is 12.5. The van der Waals surface area contributed by atoms with Gasteiger partial charge < -0.3 is 24.8 Å². The summed E-state index contributed by atoms with van der Waals surface area (Å²) in [5.41, 5.74) is 8.04. The molecular formula is C27H30FN5O5. The lowest BCUT2D eigenvalue weighted by Crippen LogP contribution is -2.62. The molecule has 0 aliphatic carbocycles. The number of aromatic nitrogens is 2. The van der Waals surface area contributed by atoms with Gasteiger partial charge in [-0.05, 0) is 23.8 Å². The van der Waals surface area contributed by atoms with Gasteiger partial charge in [-0.25, -0.2) is 4.39 Å². The van der Waals surface area contributed by atoms with Crippen LogP contribution in [0.2, 0.25) is 0 Å². The van der Waals surface area contributed by atoms with E-state index in [2.05, 4.69) is 15.1 Å². The second-order valence-electron chi connectivity index (χ2n) is 9.30.